The number of hydrogen-bond acceptors (Lipinski definition) is 7. The molecule has 1 aromatic heterocycles. The predicted octanol–water partition coefficient (Wildman–Crippen LogP) is 1.47. The van der Waals surface area contributed by atoms with E-state index in [1.165, 1.54) is 24.7 Å². The van der Waals surface area contributed by atoms with E-state index in [-0.39, 0.29) is 17.6 Å². The second-order valence-corrected chi connectivity index (χ2v) is 5.09. The number of ether oxygens (including phenoxy) is 3. The van der Waals surface area contributed by atoms with Crippen LogP contribution in [0, 0.1) is 0 Å². The lowest BCUT2D eigenvalue weighted by atomic mass is 10.2. The molecule has 0 fully saturated rings. The lowest BCUT2D eigenvalue weighted by molar-refractivity contribution is -0.140. The second kappa shape index (κ2) is 7.63. The number of aromatic nitrogens is 1. The maximum Gasteiger partial charge on any atom is 0.305 e. The average molecular weight is 312 g/mol. The Hall–Kier alpha value is -2.09. The summed E-state index contributed by atoms with van der Waals surface area (Å²) in [5.41, 5.74) is 0.828. The summed E-state index contributed by atoms with van der Waals surface area (Å²) in [5.74, 6) is -0.478. The van der Waals surface area contributed by atoms with Gasteiger partial charge in [0.25, 0.3) is 5.91 Å². The number of hydrogen-bond donors (Lipinski definition) is 1. The highest BCUT2D eigenvalue weighted by atomic mass is 32.1. The van der Waals surface area contributed by atoms with Crippen molar-refractivity contribution in [3.63, 3.8) is 0 Å². The van der Waals surface area contributed by atoms with Crippen LogP contribution in [0.5, 0.6) is 0 Å². The molecule has 1 amide bonds. The highest BCUT2D eigenvalue weighted by Gasteiger charge is 2.16. The molecule has 0 atom stereocenters. The minimum Gasteiger partial charge on any atom is -0.494 e. The van der Waals surface area contributed by atoms with Crippen LogP contribution >= 0.6 is 11.3 Å². The Balaban J connectivity index is 1.81. The zero-order chi connectivity index (χ0) is 15.1. The molecule has 21 heavy (non-hydrogen) atoms. The fourth-order valence-corrected chi connectivity index (χ4v) is 2.38. The topological polar surface area (TPSA) is 86.8 Å². The van der Waals surface area contributed by atoms with Crippen LogP contribution in [-0.2, 0) is 30.2 Å². The van der Waals surface area contributed by atoms with E-state index in [2.05, 4.69) is 15.0 Å². The number of esters is 1. The molecule has 1 N–H and O–H groups in total. The molecule has 0 aliphatic carbocycles. The van der Waals surface area contributed by atoms with Crippen LogP contribution < -0.4 is 5.32 Å². The molecule has 2 rings (SSSR count). The first-order chi connectivity index (χ1) is 10.2. The van der Waals surface area contributed by atoms with Crippen molar-refractivity contribution < 1.29 is 23.8 Å². The van der Waals surface area contributed by atoms with Crippen molar-refractivity contribution in [2.45, 2.75) is 19.3 Å². The molecule has 0 saturated heterocycles. The van der Waals surface area contributed by atoms with E-state index in [0.717, 1.165) is 5.69 Å². The van der Waals surface area contributed by atoms with Gasteiger partial charge in [-0.25, -0.2) is 4.98 Å². The van der Waals surface area contributed by atoms with Gasteiger partial charge in [0.05, 0.1) is 12.8 Å². The molecule has 1 aromatic rings. The Bertz CT molecular complexity index is 540. The van der Waals surface area contributed by atoms with Crippen molar-refractivity contribution in [3.8, 4) is 0 Å². The highest BCUT2D eigenvalue weighted by molar-refractivity contribution is 7.13. The van der Waals surface area contributed by atoms with Crippen molar-refractivity contribution in [1.29, 1.82) is 0 Å². The van der Waals surface area contributed by atoms with Crippen molar-refractivity contribution in [1.82, 2.24) is 4.98 Å². The number of anilines is 1. The Labute approximate surface area is 125 Å². The summed E-state index contributed by atoms with van der Waals surface area (Å²) < 4.78 is 14.8. The number of amides is 1. The van der Waals surface area contributed by atoms with E-state index in [0.29, 0.717) is 37.6 Å². The number of nitrogens with zero attached hydrogens (tertiary/aromatic N) is 1. The van der Waals surface area contributed by atoms with E-state index in [9.17, 15) is 9.59 Å². The van der Waals surface area contributed by atoms with Gasteiger partial charge in [0.15, 0.2) is 5.13 Å². The van der Waals surface area contributed by atoms with E-state index in [4.69, 9.17) is 9.47 Å². The molecule has 114 valence electrons. The summed E-state index contributed by atoms with van der Waals surface area (Å²) in [6, 6.07) is 0. The molecule has 0 aromatic carbocycles. The summed E-state index contributed by atoms with van der Waals surface area (Å²) in [4.78, 5) is 27.1. The lowest BCUT2D eigenvalue weighted by Gasteiger charge is -2.14. The highest BCUT2D eigenvalue weighted by Crippen LogP contribution is 2.18. The van der Waals surface area contributed by atoms with Gasteiger partial charge in [-0.2, -0.15) is 0 Å². The van der Waals surface area contributed by atoms with Gasteiger partial charge in [-0.15, -0.1) is 11.3 Å². The molecule has 0 radical (unpaired) electrons. The zero-order valence-electron chi connectivity index (χ0n) is 11.6. The molecule has 0 saturated carbocycles. The average Bonchev–Trinajstić information content (AvgIpc) is 2.95. The van der Waals surface area contributed by atoms with Crippen LogP contribution in [0.15, 0.2) is 17.4 Å². The fourth-order valence-electron chi connectivity index (χ4n) is 1.64. The fraction of sp³-hybridized carbons (Fsp3) is 0.462. The van der Waals surface area contributed by atoms with E-state index in [1.54, 1.807) is 0 Å². The van der Waals surface area contributed by atoms with Gasteiger partial charge in [0.1, 0.15) is 19.5 Å². The SMILES string of the molecule is COC(=O)CCCc1csc(NC(=O)C2=COCCO2)n1. The molecule has 2 heterocycles. The third kappa shape index (κ3) is 4.75. The van der Waals surface area contributed by atoms with E-state index >= 15 is 0 Å². The molecular formula is C13H16N2O5S. The Morgan fingerprint density at radius 1 is 1.48 bits per heavy atom. The van der Waals surface area contributed by atoms with Gasteiger partial charge in [0, 0.05) is 11.8 Å². The van der Waals surface area contributed by atoms with Crippen molar-refractivity contribution in [3.05, 3.63) is 23.1 Å². The Morgan fingerprint density at radius 3 is 3.05 bits per heavy atom. The molecular weight excluding hydrogens is 296 g/mol. The minimum absolute atomic E-state index is 0.142. The van der Waals surface area contributed by atoms with Crippen LogP contribution in [-0.4, -0.2) is 37.2 Å². The van der Waals surface area contributed by atoms with Crippen molar-refractivity contribution in [2.75, 3.05) is 25.6 Å². The number of methoxy groups -OCH3 is 1. The van der Waals surface area contributed by atoms with Crippen LogP contribution in [0.2, 0.25) is 0 Å². The van der Waals surface area contributed by atoms with Crippen LogP contribution in [0.25, 0.3) is 0 Å². The summed E-state index contributed by atoms with van der Waals surface area (Å²) >= 11 is 1.32. The lowest BCUT2D eigenvalue weighted by Crippen LogP contribution is -2.21. The first kappa shape index (κ1) is 15.3. The van der Waals surface area contributed by atoms with E-state index < -0.39 is 0 Å². The number of carbonyl (C=O) groups excluding carboxylic acids is 2. The normalized spacial score (nSPS) is 13.7. The molecule has 1 aliphatic rings. The molecule has 0 unspecified atom stereocenters. The van der Waals surface area contributed by atoms with Gasteiger partial charge in [-0.05, 0) is 12.8 Å². The predicted molar refractivity (Wildman–Crippen MR) is 75.7 cm³/mol. The molecule has 1 aliphatic heterocycles. The van der Waals surface area contributed by atoms with Crippen LogP contribution in [0.4, 0.5) is 5.13 Å². The number of nitrogens with one attached hydrogen (secondary N) is 1. The third-order valence-corrected chi connectivity index (χ3v) is 3.49. The summed E-state index contributed by atoms with van der Waals surface area (Å²) in [5, 5.41) is 4.98. The summed E-state index contributed by atoms with van der Waals surface area (Å²) in [6.45, 7) is 0.800. The summed E-state index contributed by atoms with van der Waals surface area (Å²) in [7, 11) is 1.37. The van der Waals surface area contributed by atoms with E-state index in [1.807, 2.05) is 5.38 Å². The number of aryl methyl sites for hydroxylation is 1. The maximum atomic E-state index is 11.8. The second-order valence-electron chi connectivity index (χ2n) is 4.23. The summed E-state index contributed by atoms with van der Waals surface area (Å²) in [6.07, 6.45) is 2.97. The zero-order valence-corrected chi connectivity index (χ0v) is 12.4. The quantitative estimate of drug-likeness (QED) is 0.800. The molecule has 8 heteroatoms. The monoisotopic (exact) mass is 312 g/mol. The smallest absolute Gasteiger partial charge is 0.305 e. The first-order valence-corrected chi connectivity index (χ1v) is 7.34. The maximum absolute atomic E-state index is 11.8. The minimum atomic E-state index is -0.384. The van der Waals surface area contributed by atoms with Crippen molar-refractivity contribution in [2.24, 2.45) is 0 Å². The number of rotatable bonds is 6. The van der Waals surface area contributed by atoms with Gasteiger partial charge in [-0.3, -0.25) is 14.9 Å². The van der Waals surface area contributed by atoms with Gasteiger partial charge >= 0.3 is 5.97 Å². The van der Waals surface area contributed by atoms with Gasteiger partial charge in [-0.1, -0.05) is 0 Å². The molecule has 0 spiro atoms. The van der Waals surface area contributed by atoms with Crippen molar-refractivity contribution >= 4 is 28.3 Å². The third-order valence-electron chi connectivity index (χ3n) is 2.69. The van der Waals surface area contributed by atoms with Crippen LogP contribution in [0.1, 0.15) is 18.5 Å². The molecule has 0 bridgehead atoms. The van der Waals surface area contributed by atoms with Gasteiger partial charge in [0.2, 0.25) is 5.76 Å². The number of carbonyl (C=O) groups is 2. The first-order valence-electron chi connectivity index (χ1n) is 6.46. The van der Waals surface area contributed by atoms with Crippen LogP contribution in [0.3, 0.4) is 0 Å². The standard InChI is InChI=1S/C13H16N2O5S/c1-18-11(16)4-2-3-9-8-21-13(14-9)15-12(17)10-7-19-5-6-20-10/h7-8H,2-6H2,1H3,(H,14,15,17). The largest absolute Gasteiger partial charge is 0.494 e. The number of thiazole rings is 1. The Kier molecular flexibility index (Phi) is 5.56. The molecule has 7 nitrogen and oxygen atoms in total. The Morgan fingerprint density at radius 2 is 2.33 bits per heavy atom. The van der Waals surface area contributed by atoms with Gasteiger partial charge < -0.3 is 14.2 Å².